The molecular weight excluding hydrogens is 688 g/mol. The molecular formula is C32H38O19. The van der Waals surface area contributed by atoms with Crippen LogP contribution in [0.25, 0.3) is 22.3 Å². The van der Waals surface area contributed by atoms with E-state index >= 15 is 0 Å². The van der Waals surface area contributed by atoms with Crippen LogP contribution in [0.4, 0.5) is 0 Å². The van der Waals surface area contributed by atoms with E-state index < -0.39 is 127 Å². The van der Waals surface area contributed by atoms with Gasteiger partial charge in [-0.2, -0.15) is 0 Å². The molecule has 0 spiro atoms. The van der Waals surface area contributed by atoms with Crippen molar-refractivity contribution < 1.29 is 89.0 Å². The smallest absolute Gasteiger partial charge is 0.239 e. The number of ether oxygens (including phenoxy) is 6. The molecule has 3 fully saturated rings. The number of aromatic hydroxyl groups is 3. The first-order valence-corrected chi connectivity index (χ1v) is 15.8. The van der Waals surface area contributed by atoms with Gasteiger partial charge in [-0.15, -0.1) is 0 Å². The van der Waals surface area contributed by atoms with Gasteiger partial charge in [-0.1, -0.05) is 0 Å². The van der Waals surface area contributed by atoms with Crippen molar-refractivity contribution in [1.82, 2.24) is 0 Å². The summed E-state index contributed by atoms with van der Waals surface area (Å²) in [5, 5.41) is 114. The molecule has 6 rings (SSSR count). The van der Waals surface area contributed by atoms with E-state index in [9.17, 15) is 61.0 Å². The summed E-state index contributed by atoms with van der Waals surface area (Å²) in [6.45, 7) is 0.340. The fourth-order valence-corrected chi connectivity index (χ4v) is 5.98. The summed E-state index contributed by atoms with van der Waals surface area (Å²) in [5.74, 6) is -2.13. The van der Waals surface area contributed by atoms with Gasteiger partial charge in [0.05, 0.1) is 19.3 Å². The summed E-state index contributed by atoms with van der Waals surface area (Å²) in [6.07, 6.45) is -23.0. The van der Waals surface area contributed by atoms with Crippen molar-refractivity contribution >= 4 is 11.0 Å². The van der Waals surface area contributed by atoms with E-state index in [1.807, 2.05) is 0 Å². The number of aliphatic hydroxyl groups is 8. The molecule has 3 aliphatic heterocycles. The van der Waals surface area contributed by atoms with Gasteiger partial charge in [0.25, 0.3) is 0 Å². The maximum absolute atomic E-state index is 13.7. The third kappa shape index (κ3) is 7.22. The van der Waals surface area contributed by atoms with Crippen LogP contribution in [-0.2, 0) is 23.7 Å². The van der Waals surface area contributed by atoms with Gasteiger partial charge in [-0.3, -0.25) is 4.79 Å². The highest BCUT2D eigenvalue weighted by Crippen LogP contribution is 2.38. The zero-order valence-corrected chi connectivity index (χ0v) is 26.6. The Morgan fingerprint density at radius 3 is 2.14 bits per heavy atom. The number of rotatable bonds is 8. The van der Waals surface area contributed by atoms with Crippen LogP contribution in [0.1, 0.15) is 6.92 Å². The van der Waals surface area contributed by atoms with Gasteiger partial charge in [0, 0.05) is 17.7 Å². The molecule has 0 radical (unpaired) electrons. The topological polar surface area (TPSA) is 308 Å². The van der Waals surface area contributed by atoms with Crippen molar-refractivity contribution in [2.75, 3.05) is 13.2 Å². The fraction of sp³-hybridized carbons (Fsp3) is 0.531. The van der Waals surface area contributed by atoms with Gasteiger partial charge in [0.1, 0.15) is 89.3 Å². The monoisotopic (exact) mass is 726 g/mol. The van der Waals surface area contributed by atoms with Gasteiger partial charge in [-0.25, -0.2) is 0 Å². The number of fused-ring (bicyclic) bond motifs is 1. The van der Waals surface area contributed by atoms with Crippen LogP contribution in [0.15, 0.2) is 45.6 Å². The Labute approximate surface area is 287 Å². The standard InChI is InChI=1S/C32H38O19/c1-10-19(37)28(50-30-24(42)20(38)15(36)8-45-30)26(44)31(47-10)46-9-17-21(39)23(41)25(43)32(49-17)51-29-22(40)18-14(35)6-13(34)7-16(18)48-27(29)11-2-4-12(33)5-3-11/h2-7,10,15,17,19-21,23-26,28,30-39,41-44H,8-9H2,1H3/t10-,15+,17+,19-,20-,21-,23-,24+,25+,26+,28+,30-,31+,32-/m0/s1. The van der Waals surface area contributed by atoms with Gasteiger partial charge < -0.3 is 89.0 Å². The van der Waals surface area contributed by atoms with E-state index in [1.165, 1.54) is 31.2 Å². The van der Waals surface area contributed by atoms with Crippen LogP contribution in [0.3, 0.4) is 0 Å². The summed E-state index contributed by atoms with van der Waals surface area (Å²) in [7, 11) is 0. The second-order valence-electron chi connectivity index (χ2n) is 12.5. The average Bonchev–Trinajstić information content (AvgIpc) is 3.09. The number of phenolic OH excluding ortho intramolecular Hbond substituents is 3. The lowest BCUT2D eigenvalue weighted by atomic mass is 9.98. The largest absolute Gasteiger partial charge is 0.508 e. The van der Waals surface area contributed by atoms with Crippen LogP contribution < -0.4 is 10.2 Å². The van der Waals surface area contributed by atoms with Crippen molar-refractivity contribution in [2.45, 2.75) is 92.9 Å². The van der Waals surface area contributed by atoms with Crippen LogP contribution in [0.2, 0.25) is 0 Å². The number of phenols is 3. The molecule has 14 atom stereocenters. The summed E-state index contributed by atoms with van der Waals surface area (Å²) >= 11 is 0. The van der Waals surface area contributed by atoms with Crippen LogP contribution in [-0.4, -0.2) is 155 Å². The number of benzene rings is 2. The molecule has 2 aromatic carbocycles. The Hall–Kier alpha value is -3.67. The van der Waals surface area contributed by atoms with Crippen molar-refractivity contribution in [2.24, 2.45) is 0 Å². The normalized spacial score (nSPS) is 37.4. The zero-order valence-electron chi connectivity index (χ0n) is 26.6. The Balaban J connectivity index is 1.22. The number of hydrogen-bond acceptors (Lipinski definition) is 19. The van der Waals surface area contributed by atoms with Crippen molar-refractivity contribution in [3.63, 3.8) is 0 Å². The minimum Gasteiger partial charge on any atom is -0.508 e. The van der Waals surface area contributed by atoms with E-state index in [-0.39, 0.29) is 22.7 Å². The van der Waals surface area contributed by atoms with E-state index in [0.717, 1.165) is 12.1 Å². The Morgan fingerprint density at radius 2 is 1.43 bits per heavy atom. The third-order valence-electron chi connectivity index (χ3n) is 8.90. The molecule has 0 aliphatic carbocycles. The fourth-order valence-electron chi connectivity index (χ4n) is 5.98. The number of aliphatic hydroxyl groups excluding tert-OH is 8. The van der Waals surface area contributed by atoms with Crippen molar-refractivity contribution in [3.05, 3.63) is 46.6 Å². The van der Waals surface area contributed by atoms with Gasteiger partial charge in [-0.05, 0) is 31.2 Å². The molecule has 11 N–H and O–H groups in total. The average molecular weight is 727 g/mol. The van der Waals surface area contributed by atoms with E-state index in [0.29, 0.717) is 0 Å². The lowest BCUT2D eigenvalue weighted by molar-refractivity contribution is -0.351. The van der Waals surface area contributed by atoms with E-state index in [1.54, 1.807) is 0 Å². The van der Waals surface area contributed by atoms with Gasteiger partial charge in [0.15, 0.2) is 18.3 Å². The summed E-state index contributed by atoms with van der Waals surface area (Å²) < 4.78 is 39.3. The van der Waals surface area contributed by atoms with Crippen LogP contribution in [0, 0.1) is 0 Å². The number of hydrogen-bond donors (Lipinski definition) is 11. The minimum atomic E-state index is -1.98. The Bertz CT molecular complexity index is 1730. The highest BCUT2D eigenvalue weighted by Gasteiger charge is 2.50. The van der Waals surface area contributed by atoms with Crippen LogP contribution in [0.5, 0.6) is 23.0 Å². The maximum Gasteiger partial charge on any atom is 0.239 e. The molecule has 4 heterocycles. The highest BCUT2D eigenvalue weighted by atomic mass is 16.7. The molecule has 0 saturated carbocycles. The molecule has 280 valence electrons. The first-order chi connectivity index (χ1) is 24.2. The first-order valence-electron chi connectivity index (χ1n) is 15.8. The molecule has 0 amide bonds. The maximum atomic E-state index is 13.7. The predicted octanol–water partition coefficient (Wildman–Crippen LogP) is -2.93. The lowest BCUT2D eigenvalue weighted by Gasteiger charge is -2.45. The quantitative estimate of drug-likeness (QED) is 0.111. The Morgan fingerprint density at radius 1 is 0.745 bits per heavy atom. The van der Waals surface area contributed by atoms with E-state index in [2.05, 4.69) is 0 Å². The molecule has 51 heavy (non-hydrogen) atoms. The van der Waals surface area contributed by atoms with Gasteiger partial charge >= 0.3 is 0 Å². The molecule has 19 nitrogen and oxygen atoms in total. The minimum absolute atomic E-state index is 0.127. The second-order valence-corrected chi connectivity index (χ2v) is 12.5. The molecule has 0 unspecified atom stereocenters. The lowest BCUT2D eigenvalue weighted by Crippen LogP contribution is -2.63. The van der Waals surface area contributed by atoms with Gasteiger partial charge in [0.2, 0.25) is 17.5 Å². The van der Waals surface area contributed by atoms with Crippen molar-refractivity contribution in [1.29, 1.82) is 0 Å². The summed E-state index contributed by atoms with van der Waals surface area (Å²) in [5.41, 5.74) is -1.05. The summed E-state index contributed by atoms with van der Waals surface area (Å²) in [4.78, 5) is 13.7. The third-order valence-corrected chi connectivity index (χ3v) is 8.90. The molecule has 3 aromatic rings. The summed E-state index contributed by atoms with van der Waals surface area (Å²) in [6, 6.07) is 7.23. The molecule has 19 heteroatoms. The molecule has 3 aliphatic rings. The van der Waals surface area contributed by atoms with Crippen LogP contribution >= 0.6 is 0 Å². The second kappa shape index (κ2) is 14.8. The molecule has 3 saturated heterocycles. The zero-order chi connectivity index (χ0) is 36.9. The van der Waals surface area contributed by atoms with E-state index in [4.69, 9.17) is 32.8 Å². The first kappa shape index (κ1) is 37.1. The highest BCUT2D eigenvalue weighted by molar-refractivity contribution is 5.88. The molecule has 0 bridgehead atoms. The van der Waals surface area contributed by atoms with Crippen molar-refractivity contribution in [3.8, 4) is 34.3 Å². The Kier molecular flexibility index (Phi) is 10.7. The predicted molar refractivity (Wildman–Crippen MR) is 165 cm³/mol. The molecule has 1 aromatic heterocycles. The SMILES string of the molecule is C[C@@H]1O[C@@H](OC[C@H]2O[C@@H](Oc3c(-c4ccc(O)cc4)oc4cc(O)cc(O)c4c3=O)[C@H](O)[C@@H](O)[C@H]2O)[C@H](O)[C@H](O[C@@H]2OC[C@@H](O)[C@H](O)[C@H]2O)[C@H]1O.